The van der Waals surface area contributed by atoms with E-state index in [1.54, 1.807) is 18.2 Å². The molecule has 1 amide bonds. The number of benzene rings is 2. The second-order valence-electron chi connectivity index (χ2n) is 4.73. The van der Waals surface area contributed by atoms with Crippen LogP contribution in [0.3, 0.4) is 0 Å². The molecule has 0 aliphatic carbocycles. The molecule has 0 atom stereocenters. The fourth-order valence-corrected chi connectivity index (χ4v) is 2.28. The second-order valence-corrected chi connectivity index (χ2v) is 5.14. The number of fused-ring (bicyclic) bond motifs is 1. The fourth-order valence-electron chi connectivity index (χ4n) is 2.02. The number of rotatable bonds is 4. The number of hydrogen-bond donors (Lipinski definition) is 1. The average Bonchev–Trinajstić information content (AvgIpc) is 3.02. The quantitative estimate of drug-likeness (QED) is 0.520. The largest absolute Gasteiger partial charge is 0.454 e. The molecule has 1 aliphatic heterocycles. The van der Waals surface area contributed by atoms with Crippen LogP contribution in [0.2, 0.25) is 5.02 Å². The third kappa shape index (κ3) is 3.28. The van der Waals surface area contributed by atoms with Gasteiger partial charge in [0.1, 0.15) is 0 Å². The molecule has 2 aromatic carbocycles. The van der Waals surface area contributed by atoms with E-state index in [2.05, 4.69) is 10.5 Å². The van der Waals surface area contributed by atoms with Crippen LogP contribution in [-0.4, -0.2) is 23.8 Å². The molecule has 0 bridgehead atoms. The first-order valence-corrected chi connectivity index (χ1v) is 7.09. The third-order valence-electron chi connectivity index (χ3n) is 3.18. The Bertz CT molecular complexity index is 853. The highest BCUT2D eigenvalue weighted by Gasteiger charge is 2.15. The number of nitro groups is 1. The summed E-state index contributed by atoms with van der Waals surface area (Å²) < 4.78 is 10.4. The molecule has 0 spiro atoms. The van der Waals surface area contributed by atoms with Crippen molar-refractivity contribution in [2.45, 2.75) is 0 Å². The van der Waals surface area contributed by atoms with Crippen molar-refractivity contribution in [1.82, 2.24) is 5.43 Å². The molecule has 8 nitrogen and oxygen atoms in total. The SMILES string of the molecule is O=C(N/N=C\c1ccc2c(c1)OCO2)c1ccc([N+](=O)[O-])cc1Cl. The fraction of sp³-hybridized carbons (Fsp3) is 0.0667. The Morgan fingerprint density at radius 3 is 2.79 bits per heavy atom. The smallest absolute Gasteiger partial charge is 0.272 e. The number of halogens is 1. The number of nitrogens with one attached hydrogen (secondary N) is 1. The van der Waals surface area contributed by atoms with Crippen molar-refractivity contribution in [1.29, 1.82) is 0 Å². The van der Waals surface area contributed by atoms with E-state index in [9.17, 15) is 14.9 Å². The molecule has 0 saturated carbocycles. The minimum absolute atomic E-state index is 0.0278. The first-order chi connectivity index (χ1) is 11.5. The maximum atomic E-state index is 12.0. The van der Waals surface area contributed by atoms with Gasteiger partial charge in [0.25, 0.3) is 11.6 Å². The van der Waals surface area contributed by atoms with Crippen molar-refractivity contribution in [2.24, 2.45) is 5.10 Å². The Morgan fingerprint density at radius 1 is 1.25 bits per heavy atom. The molecule has 1 aliphatic rings. The molecule has 1 heterocycles. The van der Waals surface area contributed by atoms with Crippen molar-refractivity contribution in [3.63, 3.8) is 0 Å². The molecule has 3 rings (SSSR count). The topological polar surface area (TPSA) is 103 Å². The summed E-state index contributed by atoms with van der Waals surface area (Å²) in [6.45, 7) is 0.172. The molecule has 0 fully saturated rings. The Kier molecular flexibility index (Phi) is 4.30. The second kappa shape index (κ2) is 6.55. The van der Waals surface area contributed by atoms with E-state index in [0.717, 1.165) is 6.07 Å². The lowest BCUT2D eigenvalue weighted by Crippen LogP contribution is -2.18. The third-order valence-corrected chi connectivity index (χ3v) is 3.50. The predicted molar refractivity (Wildman–Crippen MR) is 85.7 cm³/mol. The summed E-state index contributed by atoms with van der Waals surface area (Å²) in [5.41, 5.74) is 2.91. The van der Waals surface area contributed by atoms with Crippen molar-refractivity contribution in [2.75, 3.05) is 6.79 Å². The van der Waals surface area contributed by atoms with Gasteiger partial charge in [-0.1, -0.05) is 11.6 Å². The summed E-state index contributed by atoms with van der Waals surface area (Å²) >= 11 is 5.88. The predicted octanol–water partition coefficient (Wildman–Crippen LogP) is 2.74. The van der Waals surface area contributed by atoms with Gasteiger partial charge >= 0.3 is 0 Å². The number of nitrogens with zero attached hydrogens (tertiary/aromatic N) is 2. The van der Waals surface area contributed by atoms with Gasteiger partial charge in [-0.3, -0.25) is 14.9 Å². The van der Waals surface area contributed by atoms with E-state index in [1.807, 2.05) is 0 Å². The summed E-state index contributed by atoms with van der Waals surface area (Å²) in [5, 5.41) is 14.4. The Morgan fingerprint density at radius 2 is 2.04 bits per heavy atom. The first-order valence-electron chi connectivity index (χ1n) is 6.71. The highest BCUT2D eigenvalue weighted by Crippen LogP contribution is 2.32. The lowest BCUT2D eigenvalue weighted by Gasteiger charge is -2.02. The molecule has 0 unspecified atom stereocenters. The van der Waals surface area contributed by atoms with Crippen LogP contribution in [0.5, 0.6) is 11.5 Å². The van der Waals surface area contributed by atoms with Crippen LogP contribution in [0.25, 0.3) is 0 Å². The van der Waals surface area contributed by atoms with Gasteiger partial charge < -0.3 is 9.47 Å². The highest BCUT2D eigenvalue weighted by atomic mass is 35.5. The Hall–Kier alpha value is -3.13. The molecule has 2 aromatic rings. The molecule has 122 valence electrons. The lowest BCUT2D eigenvalue weighted by molar-refractivity contribution is -0.384. The summed E-state index contributed by atoms with van der Waals surface area (Å²) in [6.07, 6.45) is 1.43. The Labute approximate surface area is 140 Å². The van der Waals surface area contributed by atoms with E-state index in [4.69, 9.17) is 21.1 Å². The number of hydrogen-bond acceptors (Lipinski definition) is 6. The number of carbonyl (C=O) groups is 1. The van der Waals surface area contributed by atoms with E-state index in [0.29, 0.717) is 17.1 Å². The minimum atomic E-state index is -0.592. The van der Waals surface area contributed by atoms with Crippen LogP contribution >= 0.6 is 11.6 Å². The minimum Gasteiger partial charge on any atom is -0.454 e. The molecule has 0 saturated heterocycles. The van der Waals surface area contributed by atoms with Crippen LogP contribution in [-0.2, 0) is 0 Å². The summed E-state index contributed by atoms with van der Waals surface area (Å²) in [4.78, 5) is 22.1. The van der Waals surface area contributed by atoms with Crippen LogP contribution in [0.15, 0.2) is 41.5 Å². The summed E-state index contributed by atoms with van der Waals surface area (Å²) in [6, 6.07) is 8.78. The van der Waals surface area contributed by atoms with Crippen molar-refractivity contribution in [3.8, 4) is 11.5 Å². The van der Waals surface area contributed by atoms with Crippen molar-refractivity contribution < 1.29 is 19.2 Å². The Balaban J connectivity index is 1.68. The van der Waals surface area contributed by atoms with Gasteiger partial charge in [-0.05, 0) is 29.8 Å². The van der Waals surface area contributed by atoms with E-state index in [-0.39, 0.29) is 23.1 Å². The van der Waals surface area contributed by atoms with Gasteiger partial charge in [0.05, 0.1) is 21.7 Å². The molecule has 1 N–H and O–H groups in total. The maximum absolute atomic E-state index is 12.0. The zero-order chi connectivity index (χ0) is 17.1. The van der Waals surface area contributed by atoms with E-state index in [1.165, 1.54) is 18.3 Å². The van der Waals surface area contributed by atoms with E-state index < -0.39 is 10.8 Å². The van der Waals surface area contributed by atoms with Gasteiger partial charge in [0, 0.05) is 12.1 Å². The molecule has 0 radical (unpaired) electrons. The van der Waals surface area contributed by atoms with Crippen molar-refractivity contribution >= 4 is 29.4 Å². The molecule has 24 heavy (non-hydrogen) atoms. The van der Waals surface area contributed by atoms with Crippen molar-refractivity contribution in [3.05, 3.63) is 62.7 Å². The average molecular weight is 348 g/mol. The molecular weight excluding hydrogens is 338 g/mol. The van der Waals surface area contributed by atoms with Gasteiger partial charge in [0.15, 0.2) is 11.5 Å². The first kappa shape index (κ1) is 15.8. The lowest BCUT2D eigenvalue weighted by atomic mass is 10.2. The molecular formula is C15H10ClN3O5. The molecule has 9 heteroatoms. The number of nitro benzene ring substituents is 1. The van der Waals surface area contributed by atoms with Gasteiger partial charge in [-0.15, -0.1) is 0 Å². The van der Waals surface area contributed by atoms with Gasteiger partial charge in [-0.25, -0.2) is 5.43 Å². The highest BCUT2D eigenvalue weighted by molar-refractivity contribution is 6.34. The molecule has 0 aromatic heterocycles. The number of amides is 1. The van der Waals surface area contributed by atoms with Gasteiger partial charge in [0.2, 0.25) is 6.79 Å². The number of hydrazone groups is 1. The number of non-ortho nitro benzene ring substituents is 1. The van der Waals surface area contributed by atoms with Crippen LogP contribution in [0, 0.1) is 10.1 Å². The standard InChI is InChI=1S/C15H10ClN3O5/c16-12-6-10(19(21)22)2-3-11(12)15(20)18-17-7-9-1-4-13-14(5-9)24-8-23-13/h1-7H,8H2,(H,18,20)/b17-7-. The number of ether oxygens (including phenoxy) is 2. The maximum Gasteiger partial charge on any atom is 0.272 e. The van der Waals surface area contributed by atoms with Crippen LogP contribution in [0.1, 0.15) is 15.9 Å². The zero-order valence-electron chi connectivity index (χ0n) is 12.1. The van der Waals surface area contributed by atoms with Crippen LogP contribution < -0.4 is 14.9 Å². The van der Waals surface area contributed by atoms with Gasteiger partial charge in [-0.2, -0.15) is 5.10 Å². The zero-order valence-corrected chi connectivity index (χ0v) is 12.8. The van der Waals surface area contributed by atoms with Crippen LogP contribution in [0.4, 0.5) is 5.69 Å². The number of carbonyl (C=O) groups excluding carboxylic acids is 1. The normalized spacial score (nSPS) is 12.4. The monoisotopic (exact) mass is 347 g/mol. The summed E-state index contributed by atoms with van der Waals surface area (Å²) in [5.74, 6) is 0.671. The summed E-state index contributed by atoms with van der Waals surface area (Å²) in [7, 11) is 0. The van der Waals surface area contributed by atoms with E-state index >= 15 is 0 Å².